The lowest BCUT2D eigenvalue weighted by atomic mass is 10.3. The Morgan fingerprint density at radius 2 is 2.07 bits per heavy atom. The van der Waals surface area contributed by atoms with E-state index in [9.17, 15) is 0 Å². The molecule has 0 fully saturated rings. The highest BCUT2D eigenvalue weighted by Gasteiger charge is 2.06. The number of rotatable bonds is 2. The van der Waals surface area contributed by atoms with Crippen molar-refractivity contribution in [2.75, 3.05) is 11.1 Å². The fourth-order valence-electron chi connectivity index (χ4n) is 0.994. The van der Waals surface area contributed by atoms with Crippen molar-refractivity contribution in [3.05, 3.63) is 27.1 Å². The zero-order chi connectivity index (χ0) is 10.8. The first kappa shape index (κ1) is 10.4. The van der Waals surface area contributed by atoms with Gasteiger partial charge in [0.1, 0.15) is 0 Å². The van der Waals surface area contributed by atoms with Crippen molar-refractivity contribution < 1.29 is 4.42 Å². The lowest BCUT2D eigenvalue weighted by Gasteiger charge is -2.04. The molecule has 0 radical (unpaired) electrons. The van der Waals surface area contributed by atoms with Gasteiger partial charge in [0.15, 0.2) is 0 Å². The third-order valence-electron chi connectivity index (χ3n) is 1.61. The smallest absolute Gasteiger partial charge is 0.321 e. The number of nitrogen functional groups attached to an aromatic ring is 1. The largest absolute Gasteiger partial charge is 0.389 e. The van der Waals surface area contributed by atoms with Gasteiger partial charge in [-0.3, -0.25) is 0 Å². The van der Waals surface area contributed by atoms with E-state index >= 15 is 0 Å². The first-order valence-corrected chi connectivity index (χ1v) is 5.55. The van der Waals surface area contributed by atoms with E-state index in [0.29, 0.717) is 0 Å². The van der Waals surface area contributed by atoms with Crippen LogP contribution in [0.3, 0.4) is 0 Å². The molecule has 0 spiro atoms. The summed E-state index contributed by atoms with van der Waals surface area (Å²) in [5.74, 6) is 0. The van der Waals surface area contributed by atoms with E-state index in [1.807, 2.05) is 18.2 Å². The fraction of sp³-hybridized carbons (Fsp3) is 0. The predicted octanol–water partition coefficient (Wildman–Crippen LogP) is 2.92. The first-order valence-electron chi connectivity index (χ1n) is 3.96. The van der Waals surface area contributed by atoms with Gasteiger partial charge in [0, 0.05) is 8.95 Å². The van der Waals surface area contributed by atoms with E-state index in [-0.39, 0.29) is 12.0 Å². The maximum Gasteiger partial charge on any atom is 0.321 e. The van der Waals surface area contributed by atoms with E-state index < -0.39 is 0 Å². The maximum absolute atomic E-state index is 5.30. The molecule has 0 atom stereocenters. The molecule has 1 aromatic carbocycles. The van der Waals surface area contributed by atoms with Crippen LogP contribution in [0, 0.1) is 0 Å². The molecule has 1 aromatic heterocycles. The maximum atomic E-state index is 5.30. The monoisotopic (exact) mass is 332 g/mol. The highest BCUT2D eigenvalue weighted by molar-refractivity contribution is 9.11. The average molecular weight is 334 g/mol. The second kappa shape index (κ2) is 4.19. The Morgan fingerprint density at radius 3 is 2.73 bits per heavy atom. The van der Waals surface area contributed by atoms with Gasteiger partial charge in [-0.25, -0.2) is 0 Å². The summed E-state index contributed by atoms with van der Waals surface area (Å²) in [5, 5.41) is 10.2. The average Bonchev–Trinajstić information content (AvgIpc) is 2.58. The zero-order valence-electron chi connectivity index (χ0n) is 7.37. The standard InChI is InChI=1S/C8H6Br2N4O/c9-4-1-2-5(10)6(3-4)12-8-14-13-7(11)15-8/h1-3H,(H2,11,13)(H,12,14). The lowest BCUT2D eigenvalue weighted by molar-refractivity contribution is 0.593. The predicted molar refractivity (Wildman–Crippen MR) is 63.8 cm³/mol. The number of anilines is 3. The summed E-state index contributed by atoms with van der Waals surface area (Å²) in [6, 6.07) is 5.98. The van der Waals surface area contributed by atoms with Crippen LogP contribution in [0.25, 0.3) is 0 Å². The van der Waals surface area contributed by atoms with Crippen LogP contribution in [0.5, 0.6) is 0 Å². The summed E-state index contributed by atoms with van der Waals surface area (Å²) in [7, 11) is 0. The van der Waals surface area contributed by atoms with Crippen molar-refractivity contribution in [3.8, 4) is 0 Å². The molecule has 0 aliphatic heterocycles. The number of nitrogens with one attached hydrogen (secondary N) is 1. The molecule has 0 unspecified atom stereocenters. The minimum Gasteiger partial charge on any atom is -0.389 e. The van der Waals surface area contributed by atoms with Crippen LogP contribution in [0.4, 0.5) is 17.7 Å². The lowest BCUT2D eigenvalue weighted by Crippen LogP contribution is -1.91. The third-order valence-corrected chi connectivity index (χ3v) is 2.80. The second-order valence-corrected chi connectivity index (χ2v) is 4.46. The fourth-order valence-corrected chi connectivity index (χ4v) is 1.70. The summed E-state index contributed by atoms with van der Waals surface area (Å²) in [6.07, 6.45) is 0. The number of hydrogen-bond donors (Lipinski definition) is 2. The molecule has 0 amide bonds. The number of hydrogen-bond acceptors (Lipinski definition) is 5. The van der Waals surface area contributed by atoms with Crippen molar-refractivity contribution in [1.29, 1.82) is 0 Å². The molecule has 3 N–H and O–H groups in total. The molecule has 0 saturated carbocycles. The molecule has 0 aliphatic rings. The Morgan fingerprint density at radius 1 is 1.27 bits per heavy atom. The molecular formula is C8H6Br2N4O. The van der Waals surface area contributed by atoms with Gasteiger partial charge in [0.25, 0.3) is 0 Å². The SMILES string of the molecule is Nc1nnc(Nc2cc(Br)ccc2Br)o1. The summed E-state index contributed by atoms with van der Waals surface area (Å²) in [5.41, 5.74) is 6.11. The van der Waals surface area contributed by atoms with Gasteiger partial charge in [0.05, 0.1) is 5.69 Å². The Kier molecular flexibility index (Phi) is 2.92. The minimum absolute atomic E-state index is 0.0311. The van der Waals surface area contributed by atoms with Gasteiger partial charge < -0.3 is 15.5 Å². The number of halogens is 2. The van der Waals surface area contributed by atoms with Crippen molar-refractivity contribution in [2.45, 2.75) is 0 Å². The molecule has 0 saturated heterocycles. The van der Waals surface area contributed by atoms with Gasteiger partial charge in [-0.05, 0) is 34.1 Å². The Hall–Kier alpha value is -1.08. The highest BCUT2D eigenvalue weighted by atomic mass is 79.9. The van der Waals surface area contributed by atoms with Crippen molar-refractivity contribution in [3.63, 3.8) is 0 Å². The van der Waals surface area contributed by atoms with Gasteiger partial charge in [0.2, 0.25) is 0 Å². The summed E-state index contributed by atoms with van der Waals surface area (Å²) in [4.78, 5) is 0. The van der Waals surface area contributed by atoms with Crippen LogP contribution in [-0.4, -0.2) is 10.2 Å². The van der Waals surface area contributed by atoms with Gasteiger partial charge in [-0.15, -0.1) is 0 Å². The third kappa shape index (κ3) is 2.48. The number of nitrogens with zero attached hydrogens (tertiary/aromatic N) is 2. The number of aromatic nitrogens is 2. The zero-order valence-corrected chi connectivity index (χ0v) is 10.5. The van der Waals surface area contributed by atoms with Crippen LogP contribution in [-0.2, 0) is 0 Å². The molecule has 0 bridgehead atoms. The van der Waals surface area contributed by atoms with Gasteiger partial charge in [-0.1, -0.05) is 26.1 Å². The second-order valence-electron chi connectivity index (χ2n) is 2.69. The van der Waals surface area contributed by atoms with E-state index in [1.165, 1.54) is 0 Å². The van der Waals surface area contributed by atoms with Crippen LogP contribution >= 0.6 is 31.9 Å². The quantitative estimate of drug-likeness (QED) is 0.883. The highest BCUT2D eigenvalue weighted by Crippen LogP contribution is 2.28. The number of benzene rings is 1. The molecule has 2 aromatic rings. The van der Waals surface area contributed by atoms with Crippen LogP contribution in [0.2, 0.25) is 0 Å². The summed E-state index contributed by atoms with van der Waals surface area (Å²) >= 11 is 6.75. The summed E-state index contributed by atoms with van der Waals surface area (Å²) in [6.45, 7) is 0. The minimum atomic E-state index is 0.0311. The molecule has 78 valence electrons. The molecule has 15 heavy (non-hydrogen) atoms. The van der Waals surface area contributed by atoms with E-state index in [4.69, 9.17) is 10.2 Å². The van der Waals surface area contributed by atoms with Crippen LogP contribution in [0.15, 0.2) is 31.6 Å². The first-order chi connectivity index (χ1) is 7.15. The molecule has 1 heterocycles. The van der Waals surface area contributed by atoms with Gasteiger partial charge >= 0.3 is 12.0 Å². The Balaban J connectivity index is 2.27. The molecule has 7 heteroatoms. The molecule has 0 aliphatic carbocycles. The molecule has 2 rings (SSSR count). The van der Waals surface area contributed by atoms with Crippen molar-refractivity contribution in [1.82, 2.24) is 10.2 Å². The normalized spacial score (nSPS) is 10.3. The summed E-state index contributed by atoms with van der Waals surface area (Å²) < 4.78 is 6.83. The topological polar surface area (TPSA) is 77.0 Å². The van der Waals surface area contributed by atoms with Crippen LogP contribution in [0.1, 0.15) is 0 Å². The van der Waals surface area contributed by atoms with E-state index in [2.05, 4.69) is 47.4 Å². The van der Waals surface area contributed by atoms with Crippen molar-refractivity contribution in [2.24, 2.45) is 0 Å². The number of nitrogens with two attached hydrogens (primary N) is 1. The van der Waals surface area contributed by atoms with Crippen LogP contribution < -0.4 is 11.1 Å². The van der Waals surface area contributed by atoms with Gasteiger partial charge in [-0.2, -0.15) is 0 Å². The molecule has 5 nitrogen and oxygen atoms in total. The van der Waals surface area contributed by atoms with E-state index in [1.54, 1.807) is 0 Å². The Bertz CT molecular complexity index is 485. The van der Waals surface area contributed by atoms with E-state index in [0.717, 1.165) is 14.6 Å². The molecular weight excluding hydrogens is 328 g/mol. The Labute approximate surface area is 102 Å². The van der Waals surface area contributed by atoms with Crippen molar-refractivity contribution >= 4 is 49.6 Å².